The molecule has 0 bridgehead atoms. The summed E-state index contributed by atoms with van der Waals surface area (Å²) < 4.78 is 83.4. The predicted octanol–water partition coefficient (Wildman–Crippen LogP) is 2.55. The van der Waals surface area contributed by atoms with Crippen LogP contribution in [-0.2, 0) is 14.6 Å². The molecule has 3 rings (SSSR count). The number of sulfone groups is 1. The van der Waals surface area contributed by atoms with Crippen LogP contribution < -0.4 is 5.32 Å². The highest BCUT2D eigenvalue weighted by molar-refractivity contribution is 7.90. The van der Waals surface area contributed by atoms with E-state index in [2.05, 4.69) is 5.32 Å². The van der Waals surface area contributed by atoms with Gasteiger partial charge in [-0.2, -0.15) is 13.2 Å². The van der Waals surface area contributed by atoms with Gasteiger partial charge in [-0.15, -0.1) is 0 Å². The monoisotopic (exact) mass is 501 g/mol. The summed E-state index contributed by atoms with van der Waals surface area (Å²) in [5, 5.41) is 10.4. The van der Waals surface area contributed by atoms with E-state index in [0.29, 0.717) is 19.2 Å². The lowest BCUT2D eigenvalue weighted by Crippen LogP contribution is -2.45. The number of halogens is 5. The van der Waals surface area contributed by atoms with Gasteiger partial charge in [0.1, 0.15) is 16.5 Å². The van der Waals surface area contributed by atoms with Crippen LogP contribution >= 0.6 is 0 Å². The lowest BCUT2D eigenvalue weighted by Gasteiger charge is -2.32. The maximum absolute atomic E-state index is 14.5. The van der Waals surface area contributed by atoms with Crippen LogP contribution in [-0.4, -0.2) is 80.0 Å². The first kappa shape index (κ1) is 26.8. The standard InChI is InChI=1S/C17H23F2N3O3S.C2HF3O2/c1-11(13-9-15(19)16(10-14(13)18)26(2,24)25)21-7-8-22(17(21)23)12-3-5-20-6-4-12;3-2(4,5)1(6)7/h9-12,20H,3-8H2,1-2H3;(H,6,7). The Morgan fingerprint density at radius 3 is 2.18 bits per heavy atom. The van der Waals surface area contributed by atoms with E-state index < -0.39 is 44.6 Å². The number of urea groups is 1. The number of nitrogens with one attached hydrogen (secondary N) is 1. The minimum atomic E-state index is -5.08. The van der Waals surface area contributed by atoms with Crippen molar-refractivity contribution in [2.24, 2.45) is 0 Å². The zero-order valence-corrected chi connectivity index (χ0v) is 18.6. The zero-order chi connectivity index (χ0) is 25.1. The maximum Gasteiger partial charge on any atom is 0.490 e. The second-order valence-electron chi connectivity index (χ2n) is 7.71. The van der Waals surface area contributed by atoms with Crippen LogP contribution in [0.3, 0.4) is 0 Å². The van der Waals surface area contributed by atoms with Crippen molar-refractivity contribution in [1.82, 2.24) is 15.1 Å². The van der Waals surface area contributed by atoms with Crippen LogP contribution in [0.2, 0.25) is 0 Å². The lowest BCUT2D eigenvalue weighted by atomic mass is 10.1. The third-order valence-corrected chi connectivity index (χ3v) is 6.55. The lowest BCUT2D eigenvalue weighted by molar-refractivity contribution is -0.192. The third-order valence-electron chi connectivity index (χ3n) is 5.43. The molecule has 2 N–H and O–H groups in total. The van der Waals surface area contributed by atoms with Crippen LogP contribution in [0, 0.1) is 11.6 Å². The van der Waals surface area contributed by atoms with E-state index in [1.165, 1.54) is 4.90 Å². The molecule has 1 aromatic carbocycles. The fourth-order valence-electron chi connectivity index (χ4n) is 3.70. The van der Waals surface area contributed by atoms with E-state index in [1.54, 1.807) is 11.8 Å². The van der Waals surface area contributed by atoms with Crippen molar-refractivity contribution in [2.45, 2.75) is 42.9 Å². The minimum absolute atomic E-state index is 0.0181. The molecule has 0 spiro atoms. The fraction of sp³-hybridized carbons (Fsp3) is 0.579. The number of carboxylic acid groups (broad SMARTS) is 1. The van der Waals surface area contributed by atoms with E-state index in [9.17, 15) is 35.2 Å². The van der Waals surface area contributed by atoms with Crippen LogP contribution in [0.25, 0.3) is 0 Å². The summed E-state index contributed by atoms with van der Waals surface area (Å²) in [6.07, 6.45) is -2.51. The molecule has 2 fully saturated rings. The normalized spacial score (nSPS) is 18.7. The summed E-state index contributed by atoms with van der Waals surface area (Å²) >= 11 is 0. The molecule has 0 aromatic heterocycles. The number of piperidine rings is 1. The molecule has 2 amide bonds. The SMILES string of the molecule is CC(c1cc(F)c(S(C)(=O)=O)cc1F)N1CCN(C2CCNCC2)C1=O.O=C(O)C(F)(F)F. The van der Waals surface area contributed by atoms with E-state index in [0.717, 1.165) is 38.3 Å². The molecule has 2 aliphatic heterocycles. The summed E-state index contributed by atoms with van der Waals surface area (Å²) in [6, 6.07) is 0.877. The molecule has 2 aliphatic rings. The summed E-state index contributed by atoms with van der Waals surface area (Å²) in [5.41, 5.74) is -0.0181. The summed E-state index contributed by atoms with van der Waals surface area (Å²) in [5.74, 6) is -4.59. The van der Waals surface area contributed by atoms with Gasteiger partial charge in [0.05, 0.1) is 6.04 Å². The first-order chi connectivity index (χ1) is 15.1. The second-order valence-corrected chi connectivity index (χ2v) is 9.69. The van der Waals surface area contributed by atoms with Gasteiger partial charge < -0.3 is 20.2 Å². The molecule has 0 aliphatic carbocycles. The van der Waals surface area contributed by atoms with Gasteiger partial charge in [0.15, 0.2) is 9.84 Å². The zero-order valence-electron chi connectivity index (χ0n) is 17.8. The molecule has 33 heavy (non-hydrogen) atoms. The average molecular weight is 501 g/mol. The maximum atomic E-state index is 14.5. The fourth-order valence-corrected chi connectivity index (χ4v) is 4.44. The number of carboxylic acids is 1. The van der Waals surface area contributed by atoms with Crippen LogP contribution in [0.15, 0.2) is 17.0 Å². The predicted molar refractivity (Wildman–Crippen MR) is 106 cm³/mol. The Balaban J connectivity index is 0.000000479. The molecule has 0 saturated carbocycles. The Hall–Kier alpha value is -2.48. The van der Waals surface area contributed by atoms with Gasteiger partial charge in [-0.25, -0.2) is 26.8 Å². The molecule has 14 heteroatoms. The highest BCUT2D eigenvalue weighted by Gasteiger charge is 2.39. The Morgan fingerprint density at radius 1 is 1.15 bits per heavy atom. The van der Waals surface area contributed by atoms with Crippen molar-refractivity contribution < 1.29 is 45.1 Å². The van der Waals surface area contributed by atoms with Gasteiger partial charge in [-0.05, 0) is 45.0 Å². The Bertz CT molecular complexity index is 996. The Labute approximate surface area is 187 Å². The topological polar surface area (TPSA) is 107 Å². The number of hydrogen-bond donors (Lipinski definition) is 2. The van der Waals surface area contributed by atoms with Crippen molar-refractivity contribution in [3.8, 4) is 0 Å². The minimum Gasteiger partial charge on any atom is -0.475 e. The van der Waals surface area contributed by atoms with Gasteiger partial charge in [0, 0.05) is 31.0 Å². The molecule has 1 unspecified atom stereocenters. The molecular weight excluding hydrogens is 477 g/mol. The summed E-state index contributed by atoms with van der Waals surface area (Å²) in [4.78, 5) is 24.3. The van der Waals surface area contributed by atoms with E-state index in [1.807, 2.05) is 0 Å². The van der Waals surface area contributed by atoms with Crippen molar-refractivity contribution in [2.75, 3.05) is 32.4 Å². The second kappa shape index (κ2) is 10.2. The number of alkyl halides is 3. The van der Waals surface area contributed by atoms with Crippen LogP contribution in [0.5, 0.6) is 0 Å². The number of amides is 2. The highest BCUT2D eigenvalue weighted by Crippen LogP contribution is 2.31. The molecule has 1 aromatic rings. The molecule has 2 saturated heterocycles. The molecule has 8 nitrogen and oxygen atoms in total. The summed E-state index contributed by atoms with van der Waals surface area (Å²) in [7, 11) is -3.86. The summed E-state index contributed by atoms with van der Waals surface area (Å²) in [6.45, 7) is 4.33. The highest BCUT2D eigenvalue weighted by atomic mass is 32.2. The van der Waals surface area contributed by atoms with Gasteiger partial charge in [0.2, 0.25) is 0 Å². The number of hydrogen-bond acceptors (Lipinski definition) is 5. The first-order valence-corrected chi connectivity index (χ1v) is 11.8. The molecule has 1 atom stereocenters. The number of carbonyl (C=O) groups is 2. The number of carbonyl (C=O) groups excluding carboxylic acids is 1. The van der Waals surface area contributed by atoms with Gasteiger partial charge in [0.25, 0.3) is 0 Å². The first-order valence-electron chi connectivity index (χ1n) is 9.91. The third kappa shape index (κ3) is 6.53. The molecule has 186 valence electrons. The molecule has 0 radical (unpaired) electrons. The molecule has 2 heterocycles. The number of benzene rings is 1. The van der Waals surface area contributed by atoms with Gasteiger partial charge in [-0.3, -0.25) is 0 Å². The number of rotatable bonds is 4. The van der Waals surface area contributed by atoms with Crippen molar-refractivity contribution in [3.63, 3.8) is 0 Å². The average Bonchev–Trinajstić information content (AvgIpc) is 3.10. The number of aliphatic carboxylic acids is 1. The van der Waals surface area contributed by atoms with E-state index in [4.69, 9.17) is 9.90 Å². The van der Waals surface area contributed by atoms with Gasteiger partial charge >= 0.3 is 18.2 Å². The van der Waals surface area contributed by atoms with E-state index >= 15 is 0 Å². The van der Waals surface area contributed by atoms with Crippen molar-refractivity contribution in [3.05, 3.63) is 29.3 Å². The Morgan fingerprint density at radius 2 is 1.70 bits per heavy atom. The Kier molecular flexibility index (Phi) is 8.27. The van der Waals surface area contributed by atoms with Crippen molar-refractivity contribution in [1.29, 1.82) is 0 Å². The quantitative estimate of drug-likeness (QED) is 0.615. The van der Waals surface area contributed by atoms with Crippen molar-refractivity contribution >= 4 is 21.8 Å². The van der Waals surface area contributed by atoms with Crippen LogP contribution in [0.1, 0.15) is 31.4 Å². The van der Waals surface area contributed by atoms with Crippen LogP contribution in [0.4, 0.5) is 26.7 Å². The smallest absolute Gasteiger partial charge is 0.475 e. The van der Waals surface area contributed by atoms with E-state index in [-0.39, 0.29) is 17.6 Å². The number of nitrogens with zero attached hydrogens (tertiary/aromatic N) is 2. The molecular formula is C19H24F5N3O5S. The largest absolute Gasteiger partial charge is 0.490 e. The van der Waals surface area contributed by atoms with Gasteiger partial charge in [-0.1, -0.05) is 0 Å².